The van der Waals surface area contributed by atoms with Gasteiger partial charge in [-0.15, -0.1) is 0 Å². The van der Waals surface area contributed by atoms with E-state index in [2.05, 4.69) is 17.4 Å². The van der Waals surface area contributed by atoms with Crippen molar-refractivity contribution in [3.8, 4) is 0 Å². The van der Waals surface area contributed by atoms with E-state index in [-0.39, 0.29) is 5.82 Å². The second kappa shape index (κ2) is 8.04. The van der Waals surface area contributed by atoms with Crippen LogP contribution in [0.4, 0.5) is 4.39 Å². The molecule has 0 aliphatic rings. The van der Waals surface area contributed by atoms with Crippen molar-refractivity contribution < 1.29 is 9.13 Å². The van der Waals surface area contributed by atoms with Crippen LogP contribution in [0, 0.1) is 5.82 Å². The molecule has 2 aromatic carbocycles. The summed E-state index contributed by atoms with van der Waals surface area (Å²) in [5.41, 5.74) is 1.21. The number of ether oxygens (including phenoxy) is 1. The highest BCUT2D eigenvalue weighted by Gasteiger charge is 2.03. The Morgan fingerprint density at radius 1 is 1.10 bits per heavy atom. The maximum atomic E-state index is 13.6. The van der Waals surface area contributed by atoms with Gasteiger partial charge in [-0.3, -0.25) is 0 Å². The van der Waals surface area contributed by atoms with Crippen molar-refractivity contribution in [3.63, 3.8) is 0 Å². The monoisotopic (exact) mass is 291 g/mol. The summed E-state index contributed by atoms with van der Waals surface area (Å²) in [5, 5.41) is 3.29. The number of methoxy groups -OCH3 is 1. The Morgan fingerprint density at radius 2 is 1.85 bits per heavy atom. The number of rotatable bonds is 7. The molecule has 0 heterocycles. The van der Waals surface area contributed by atoms with Crippen molar-refractivity contribution in [2.24, 2.45) is 0 Å². The van der Waals surface area contributed by atoms with Gasteiger partial charge in [0.15, 0.2) is 0 Å². The molecule has 0 amide bonds. The normalized spacial score (nSPS) is 10.7. The molecule has 106 valence electrons. The molecule has 0 unspecified atom stereocenters. The van der Waals surface area contributed by atoms with E-state index in [1.54, 1.807) is 19.2 Å². The second-order valence-electron chi connectivity index (χ2n) is 4.35. The van der Waals surface area contributed by atoms with E-state index in [9.17, 15) is 4.39 Å². The molecule has 0 saturated heterocycles. The summed E-state index contributed by atoms with van der Waals surface area (Å²) in [7, 11) is 1.69. The Morgan fingerprint density at radius 3 is 2.55 bits per heavy atom. The van der Waals surface area contributed by atoms with Crippen LogP contribution in [0.15, 0.2) is 58.3 Å². The molecular formula is C16H18FNOS. The van der Waals surface area contributed by atoms with Gasteiger partial charge < -0.3 is 10.1 Å². The highest BCUT2D eigenvalue weighted by Crippen LogP contribution is 2.29. The fourth-order valence-electron chi connectivity index (χ4n) is 1.74. The van der Waals surface area contributed by atoms with Gasteiger partial charge in [-0.1, -0.05) is 36.0 Å². The summed E-state index contributed by atoms with van der Waals surface area (Å²) >= 11 is 1.44. The van der Waals surface area contributed by atoms with E-state index in [1.807, 2.05) is 18.2 Å². The molecule has 2 aromatic rings. The van der Waals surface area contributed by atoms with Crippen LogP contribution in [-0.2, 0) is 11.3 Å². The lowest BCUT2D eigenvalue weighted by Crippen LogP contribution is -2.18. The molecule has 0 atom stereocenters. The van der Waals surface area contributed by atoms with Gasteiger partial charge in [0.1, 0.15) is 5.82 Å². The van der Waals surface area contributed by atoms with Crippen molar-refractivity contribution >= 4 is 11.8 Å². The predicted octanol–water partition coefficient (Wildman–Crippen LogP) is 3.71. The lowest BCUT2D eigenvalue weighted by Gasteiger charge is -2.06. The molecule has 0 saturated carbocycles. The fraction of sp³-hybridized carbons (Fsp3) is 0.250. The molecule has 0 radical (unpaired) electrons. The molecule has 0 aromatic heterocycles. The van der Waals surface area contributed by atoms with Crippen molar-refractivity contribution in [1.29, 1.82) is 0 Å². The first-order valence-electron chi connectivity index (χ1n) is 6.50. The summed E-state index contributed by atoms with van der Waals surface area (Å²) in [6.07, 6.45) is 0. The van der Waals surface area contributed by atoms with Gasteiger partial charge in [0.2, 0.25) is 0 Å². The first-order valence-corrected chi connectivity index (χ1v) is 7.32. The van der Waals surface area contributed by atoms with Crippen LogP contribution < -0.4 is 5.32 Å². The van der Waals surface area contributed by atoms with E-state index in [1.165, 1.54) is 23.4 Å². The first kappa shape index (κ1) is 15.0. The zero-order chi connectivity index (χ0) is 14.2. The molecule has 0 bridgehead atoms. The summed E-state index contributed by atoms with van der Waals surface area (Å²) < 4.78 is 18.5. The van der Waals surface area contributed by atoms with Crippen molar-refractivity contribution in [3.05, 3.63) is 59.9 Å². The third-order valence-corrected chi connectivity index (χ3v) is 3.86. The fourth-order valence-corrected chi connectivity index (χ4v) is 2.58. The molecule has 2 nitrogen and oxygen atoms in total. The zero-order valence-corrected chi connectivity index (χ0v) is 12.3. The quantitative estimate of drug-likeness (QED) is 0.786. The van der Waals surface area contributed by atoms with Crippen molar-refractivity contribution in [2.45, 2.75) is 16.3 Å². The topological polar surface area (TPSA) is 21.3 Å². The highest BCUT2D eigenvalue weighted by molar-refractivity contribution is 7.99. The van der Waals surface area contributed by atoms with Crippen LogP contribution in [0.2, 0.25) is 0 Å². The molecule has 0 aliphatic carbocycles. The Bertz CT molecular complexity index is 530. The van der Waals surface area contributed by atoms with Crippen LogP contribution in [-0.4, -0.2) is 20.3 Å². The third-order valence-electron chi connectivity index (χ3n) is 2.80. The van der Waals surface area contributed by atoms with Gasteiger partial charge in [0, 0.05) is 30.0 Å². The van der Waals surface area contributed by atoms with Gasteiger partial charge in [-0.25, -0.2) is 4.39 Å². The van der Waals surface area contributed by atoms with Crippen LogP contribution >= 0.6 is 11.8 Å². The first-order chi connectivity index (χ1) is 9.79. The van der Waals surface area contributed by atoms with Crippen molar-refractivity contribution in [2.75, 3.05) is 20.3 Å². The number of benzene rings is 2. The standard InChI is InChI=1S/C16H18FNOS/c1-19-11-10-18-12-13-6-8-14(9-7-13)20-16-5-3-2-4-15(16)17/h2-9,18H,10-12H2,1H3. The number of nitrogens with one attached hydrogen (secondary N) is 1. The minimum atomic E-state index is -0.178. The lowest BCUT2D eigenvalue weighted by atomic mass is 10.2. The smallest absolute Gasteiger partial charge is 0.137 e. The molecule has 2 rings (SSSR count). The largest absolute Gasteiger partial charge is 0.383 e. The lowest BCUT2D eigenvalue weighted by molar-refractivity contribution is 0.199. The Hall–Kier alpha value is -1.36. The molecule has 0 spiro atoms. The van der Waals surface area contributed by atoms with Crippen molar-refractivity contribution in [1.82, 2.24) is 5.32 Å². The molecule has 0 aliphatic heterocycles. The molecule has 1 N–H and O–H groups in total. The molecule has 0 fully saturated rings. The third kappa shape index (κ3) is 4.63. The number of hydrogen-bond acceptors (Lipinski definition) is 3. The SMILES string of the molecule is COCCNCc1ccc(Sc2ccccc2F)cc1. The van der Waals surface area contributed by atoms with E-state index < -0.39 is 0 Å². The number of hydrogen-bond donors (Lipinski definition) is 1. The Kier molecular flexibility index (Phi) is 6.05. The maximum absolute atomic E-state index is 13.6. The second-order valence-corrected chi connectivity index (χ2v) is 5.46. The van der Waals surface area contributed by atoms with Crippen LogP contribution in [0.25, 0.3) is 0 Å². The van der Waals surface area contributed by atoms with E-state index in [4.69, 9.17) is 4.74 Å². The van der Waals surface area contributed by atoms with Gasteiger partial charge in [0.05, 0.1) is 6.61 Å². The minimum Gasteiger partial charge on any atom is -0.383 e. The van der Waals surface area contributed by atoms with E-state index >= 15 is 0 Å². The average molecular weight is 291 g/mol. The van der Waals surface area contributed by atoms with Gasteiger partial charge >= 0.3 is 0 Å². The highest BCUT2D eigenvalue weighted by atomic mass is 32.2. The Balaban J connectivity index is 1.90. The zero-order valence-electron chi connectivity index (χ0n) is 11.4. The van der Waals surface area contributed by atoms with Gasteiger partial charge in [0.25, 0.3) is 0 Å². The van der Waals surface area contributed by atoms with Crippen LogP contribution in [0.3, 0.4) is 0 Å². The van der Waals surface area contributed by atoms with Crippen LogP contribution in [0.1, 0.15) is 5.56 Å². The number of halogens is 1. The predicted molar refractivity (Wildman–Crippen MR) is 80.5 cm³/mol. The van der Waals surface area contributed by atoms with Crippen LogP contribution in [0.5, 0.6) is 0 Å². The molecule has 20 heavy (non-hydrogen) atoms. The summed E-state index contributed by atoms with van der Waals surface area (Å²) in [4.78, 5) is 1.69. The molecular weight excluding hydrogens is 273 g/mol. The van der Waals surface area contributed by atoms with E-state index in [0.717, 1.165) is 18.0 Å². The summed E-state index contributed by atoms with van der Waals surface area (Å²) in [5.74, 6) is -0.178. The van der Waals surface area contributed by atoms with E-state index in [0.29, 0.717) is 11.5 Å². The summed E-state index contributed by atoms with van der Waals surface area (Å²) in [6.45, 7) is 2.36. The van der Waals surface area contributed by atoms with Gasteiger partial charge in [-0.2, -0.15) is 0 Å². The van der Waals surface area contributed by atoms with Gasteiger partial charge in [-0.05, 0) is 29.8 Å². The average Bonchev–Trinajstić information content (AvgIpc) is 2.48. The maximum Gasteiger partial charge on any atom is 0.137 e. The Labute approximate surface area is 123 Å². The minimum absolute atomic E-state index is 0.178. The summed E-state index contributed by atoms with van der Waals surface area (Å²) in [6, 6.07) is 15.0. The molecule has 4 heteroatoms.